The lowest BCUT2D eigenvalue weighted by Crippen LogP contribution is -2.31. The average Bonchev–Trinajstić information content (AvgIpc) is 2.67. The summed E-state index contributed by atoms with van der Waals surface area (Å²) >= 11 is 1.78. The topological polar surface area (TPSA) is 45.4 Å². The number of aliphatic hydroxyl groups excluding tert-OH is 1. The van der Waals surface area contributed by atoms with Gasteiger partial charge in [-0.05, 0) is 24.8 Å². The highest BCUT2D eigenvalue weighted by Gasteiger charge is 2.06. The molecule has 1 unspecified atom stereocenters. The van der Waals surface area contributed by atoms with Crippen molar-refractivity contribution in [2.24, 2.45) is 0 Å². The molecule has 0 spiro atoms. The molecule has 0 amide bonds. The number of nitrogens with one attached hydrogen (secondary N) is 1. The van der Waals surface area contributed by atoms with E-state index in [1.807, 2.05) is 12.1 Å². The fraction of sp³-hybridized carbons (Fsp3) is 0.600. The van der Waals surface area contributed by atoms with Crippen LogP contribution >= 0.6 is 11.8 Å². The second kappa shape index (κ2) is 6.92. The number of rotatable bonds is 7. The summed E-state index contributed by atoms with van der Waals surface area (Å²) in [6.07, 6.45) is 4.53. The molecule has 0 aliphatic carbocycles. The van der Waals surface area contributed by atoms with Gasteiger partial charge >= 0.3 is 0 Å². The van der Waals surface area contributed by atoms with Crippen LogP contribution in [0.15, 0.2) is 22.8 Å². The van der Waals surface area contributed by atoms with E-state index in [1.54, 1.807) is 18.0 Å². The first-order valence-corrected chi connectivity index (χ1v) is 6.11. The largest absolute Gasteiger partial charge is 0.468 e. The van der Waals surface area contributed by atoms with Crippen molar-refractivity contribution >= 4 is 11.8 Å². The zero-order chi connectivity index (χ0) is 10.2. The van der Waals surface area contributed by atoms with Gasteiger partial charge in [0.1, 0.15) is 5.76 Å². The molecular formula is C10H17NO2S. The Kier molecular flexibility index (Phi) is 5.75. The molecule has 0 fully saturated rings. The van der Waals surface area contributed by atoms with E-state index >= 15 is 0 Å². The SMILES string of the molecule is CSCC(CCO)NCc1ccco1. The Balaban J connectivity index is 2.25. The van der Waals surface area contributed by atoms with Crippen molar-refractivity contribution in [3.8, 4) is 0 Å². The van der Waals surface area contributed by atoms with Gasteiger partial charge in [-0.2, -0.15) is 11.8 Å². The average molecular weight is 215 g/mol. The number of hydrogen-bond donors (Lipinski definition) is 2. The Bertz CT molecular complexity index is 220. The highest BCUT2D eigenvalue weighted by molar-refractivity contribution is 7.98. The second-order valence-electron chi connectivity index (χ2n) is 3.12. The first-order valence-electron chi connectivity index (χ1n) is 4.72. The van der Waals surface area contributed by atoms with Crippen molar-refractivity contribution in [1.29, 1.82) is 0 Å². The summed E-state index contributed by atoms with van der Waals surface area (Å²) in [5.41, 5.74) is 0. The molecule has 4 heteroatoms. The number of furan rings is 1. The van der Waals surface area contributed by atoms with E-state index in [4.69, 9.17) is 9.52 Å². The van der Waals surface area contributed by atoms with E-state index in [-0.39, 0.29) is 6.61 Å². The van der Waals surface area contributed by atoms with Crippen LogP contribution in [0.2, 0.25) is 0 Å². The highest BCUT2D eigenvalue weighted by atomic mass is 32.2. The van der Waals surface area contributed by atoms with E-state index in [2.05, 4.69) is 11.6 Å². The minimum Gasteiger partial charge on any atom is -0.468 e. The molecule has 2 N–H and O–H groups in total. The fourth-order valence-corrected chi connectivity index (χ4v) is 1.95. The van der Waals surface area contributed by atoms with Gasteiger partial charge in [0.25, 0.3) is 0 Å². The Labute approximate surface area is 88.9 Å². The quantitative estimate of drug-likeness (QED) is 0.723. The third-order valence-electron chi connectivity index (χ3n) is 1.99. The van der Waals surface area contributed by atoms with Crippen LogP contribution in [0, 0.1) is 0 Å². The summed E-state index contributed by atoms with van der Waals surface area (Å²) < 4.78 is 5.21. The molecule has 1 atom stereocenters. The molecule has 0 bridgehead atoms. The number of hydrogen-bond acceptors (Lipinski definition) is 4. The molecule has 0 saturated carbocycles. The predicted octanol–water partition coefficient (Wildman–Crippen LogP) is 1.48. The molecule has 0 aliphatic rings. The molecule has 3 nitrogen and oxygen atoms in total. The van der Waals surface area contributed by atoms with Gasteiger partial charge < -0.3 is 14.8 Å². The van der Waals surface area contributed by atoms with Crippen LogP contribution in [0.3, 0.4) is 0 Å². The monoisotopic (exact) mass is 215 g/mol. The van der Waals surface area contributed by atoms with Gasteiger partial charge in [0, 0.05) is 18.4 Å². The molecule has 0 radical (unpaired) electrons. The molecule has 1 rings (SSSR count). The molecule has 0 aliphatic heterocycles. The second-order valence-corrected chi connectivity index (χ2v) is 4.04. The maximum absolute atomic E-state index is 8.85. The standard InChI is InChI=1S/C10H17NO2S/c1-14-8-9(4-5-12)11-7-10-3-2-6-13-10/h2-3,6,9,11-12H,4-5,7-8H2,1H3. The Hall–Kier alpha value is -0.450. The van der Waals surface area contributed by atoms with Gasteiger partial charge in [-0.3, -0.25) is 0 Å². The third-order valence-corrected chi connectivity index (χ3v) is 2.73. The van der Waals surface area contributed by atoms with Crippen LogP contribution in [-0.4, -0.2) is 29.8 Å². The smallest absolute Gasteiger partial charge is 0.117 e. The highest BCUT2D eigenvalue weighted by Crippen LogP contribution is 2.04. The van der Waals surface area contributed by atoms with Crippen LogP contribution in [0.25, 0.3) is 0 Å². The molecule has 14 heavy (non-hydrogen) atoms. The predicted molar refractivity (Wildman–Crippen MR) is 59.4 cm³/mol. The van der Waals surface area contributed by atoms with Crippen LogP contribution in [0.4, 0.5) is 0 Å². The maximum Gasteiger partial charge on any atom is 0.117 e. The van der Waals surface area contributed by atoms with Crippen molar-refractivity contribution in [2.75, 3.05) is 18.6 Å². The van der Waals surface area contributed by atoms with Gasteiger partial charge in [-0.1, -0.05) is 0 Å². The van der Waals surface area contributed by atoms with Gasteiger partial charge in [0.15, 0.2) is 0 Å². The molecule has 0 aromatic carbocycles. The van der Waals surface area contributed by atoms with E-state index in [0.717, 1.165) is 24.5 Å². The van der Waals surface area contributed by atoms with Crippen molar-refractivity contribution in [3.05, 3.63) is 24.2 Å². The normalized spacial score (nSPS) is 13.0. The minimum atomic E-state index is 0.233. The first kappa shape index (κ1) is 11.6. The zero-order valence-corrected chi connectivity index (χ0v) is 9.22. The van der Waals surface area contributed by atoms with E-state index < -0.39 is 0 Å². The zero-order valence-electron chi connectivity index (χ0n) is 8.40. The van der Waals surface area contributed by atoms with E-state index in [0.29, 0.717) is 6.04 Å². The van der Waals surface area contributed by atoms with Crippen molar-refractivity contribution in [1.82, 2.24) is 5.32 Å². The first-order chi connectivity index (χ1) is 6.86. The number of aliphatic hydroxyl groups is 1. The van der Waals surface area contributed by atoms with Gasteiger partial charge in [0.05, 0.1) is 12.8 Å². The van der Waals surface area contributed by atoms with Crippen LogP contribution < -0.4 is 5.32 Å². The maximum atomic E-state index is 8.85. The van der Waals surface area contributed by atoms with Crippen molar-refractivity contribution in [2.45, 2.75) is 19.0 Å². The Morgan fingerprint density at radius 3 is 3.07 bits per heavy atom. The third kappa shape index (κ3) is 4.17. The summed E-state index contributed by atoms with van der Waals surface area (Å²) in [7, 11) is 0. The van der Waals surface area contributed by atoms with Gasteiger partial charge in [0.2, 0.25) is 0 Å². The van der Waals surface area contributed by atoms with Crippen LogP contribution in [-0.2, 0) is 6.54 Å². The van der Waals surface area contributed by atoms with E-state index in [9.17, 15) is 0 Å². The molecule has 1 aromatic rings. The Morgan fingerprint density at radius 2 is 2.50 bits per heavy atom. The summed E-state index contributed by atoms with van der Waals surface area (Å²) in [5, 5.41) is 12.2. The minimum absolute atomic E-state index is 0.233. The van der Waals surface area contributed by atoms with Crippen LogP contribution in [0.1, 0.15) is 12.2 Å². The van der Waals surface area contributed by atoms with E-state index in [1.165, 1.54) is 0 Å². The van der Waals surface area contributed by atoms with Crippen molar-refractivity contribution in [3.63, 3.8) is 0 Å². The summed E-state index contributed by atoms with van der Waals surface area (Å²) in [6.45, 7) is 0.967. The molecule has 0 saturated heterocycles. The molecule has 80 valence electrons. The molecular weight excluding hydrogens is 198 g/mol. The lowest BCUT2D eigenvalue weighted by Gasteiger charge is -2.15. The summed E-state index contributed by atoms with van der Waals surface area (Å²) in [4.78, 5) is 0. The van der Waals surface area contributed by atoms with Crippen molar-refractivity contribution < 1.29 is 9.52 Å². The lowest BCUT2D eigenvalue weighted by molar-refractivity contribution is 0.268. The lowest BCUT2D eigenvalue weighted by atomic mass is 10.2. The Morgan fingerprint density at radius 1 is 1.64 bits per heavy atom. The van der Waals surface area contributed by atoms with Crippen LogP contribution in [0.5, 0.6) is 0 Å². The van der Waals surface area contributed by atoms with Gasteiger partial charge in [-0.15, -0.1) is 0 Å². The fourth-order valence-electron chi connectivity index (χ4n) is 1.26. The number of thioether (sulfide) groups is 1. The summed E-state index contributed by atoms with van der Waals surface area (Å²) in [5.74, 6) is 1.95. The molecule has 1 aromatic heterocycles. The summed E-state index contributed by atoms with van der Waals surface area (Å²) in [6, 6.07) is 4.19. The van der Waals surface area contributed by atoms with Gasteiger partial charge in [-0.25, -0.2) is 0 Å². The molecule has 1 heterocycles.